The van der Waals surface area contributed by atoms with Gasteiger partial charge in [0, 0.05) is 23.0 Å². The lowest BCUT2D eigenvalue weighted by Gasteiger charge is -2.23. The van der Waals surface area contributed by atoms with Crippen molar-refractivity contribution >= 4 is 23.3 Å². The van der Waals surface area contributed by atoms with Crippen LogP contribution in [0.25, 0.3) is 5.69 Å². The number of fused-ring (bicyclic) bond motifs is 1. The molecule has 4 nitrogen and oxygen atoms in total. The first-order valence-electron chi connectivity index (χ1n) is 8.13. The predicted molar refractivity (Wildman–Crippen MR) is 95.1 cm³/mol. The Morgan fingerprint density at radius 2 is 1.93 bits per heavy atom. The van der Waals surface area contributed by atoms with Crippen molar-refractivity contribution in [3.05, 3.63) is 76.7 Å². The highest BCUT2D eigenvalue weighted by Gasteiger charge is 2.33. The van der Waals surface area contributed by atoms with Crippen LogP contribution in [0.5, 0.6) is 0 Å². The number of nitrogens with zero attached hydrogens (tertiary/aromatic N) is 2. The van der Waals surface area contributed by atoms with Gasteiger partial charge in [-0.2, -0.15) is 13.2 Å². The highest BCUT2D eigenvalue weighted by Crippen LogP contribution is 2.38. The summed E-state index contributed by atoms with van der Waals surface area (Å²) in [7, 11) is 0. The minimum atomic E-state index is -4.46. The zero-order valence-corrected chi connectivity index (χ0v) is 14.6. The summed E-state index contributed by atoms with van der Waals surface area (Å²) < 4.78 is 40.5. The first kappa shape index (κ1) is 17.6. The van der Waals surface area contributed by atoms with Crippen molar-refractivity contribution in [1.29, 1.82) is 0 Å². The standard InChI is InChI=1S/C19H13ClF3N3O/c20-13-5-1-3-11(7-13)15-9-16(27)25-18-17(15)24-10-26(18)14-6-2-4-12(8-14)19(21,22)23/h1-8,10,15H,9H2,(H,25,27). The van der Waals surface area contributed by atoms with Crippen molar-refractivity contribution in [3.63, 3.8) is 0 Å². The summed E-state index contributed by atoms with van der Waals surface area (Å²) in [5, 5.41) is 3.27. The Balaban J connectivity index is 1.81. The van der Waals surface area contributed by atoms with Crippen LogP contribution >= 0.6 is 11.6 Å². The molecule has 1 amide bonds. The second-order valence-electron chi connectivity index (χ2n) is 6.26. The van der Waals surface area contributed by atoms with Crippen LogP contribution in [-0.4, -0.2) is 15.5 Å². The predicted octanol–water partition coefficient (Wildman–Crippen LogP) is 5.02. The summed E-state index contributed by atoms with van der Waals surface area (Å²) in [6, 6.07) is 12.0. The van der Waals surface area contributed by atoms with Crippen LogP contribution in [0, 0.1) is 0 Å². The second-order valence-corrected chi connectivity index (χ2v) is 6.69. The SMILES string of the molecule is O=C1CC(c2cccc(Cl)c2)c2ncn(-c3cccc(C(F)(F)F)c3)c2N1. The molecule has 1 atom stereocenters. The van der Waals surface area contributed by atoms with Gasteiger partial charge in [0.25, 0.3) is 0 Å². The Bertz CT molecular complexity index is 1030. The first-order valence-corrected chi connectivity index (χ1v) is 8.51. The third-order valence-corrected chi connectivity index (χ3v) is 4.71. The van der Waals surface area contributed by atoms with Crippen LogP contribution in [0.15, 0.2) is 54.9 Å². The summed E-state index contributed by atoms with van der Waals surface area (Å²) in [5.41, 5.74) is 0.920. The molecule has 2 aromatic carbocycles. The Labute approximate surface area is 157 Å². The number of amides is 1. The summed E-state index contributed by atoms with van der Waals surface area (Å²) in [6.07, 6.45) is -2.85. The molecular weight excluding hydrogens is 379 g/mol. The van der Waals surface area contributed by atoms with Crippen LogP contribution in [0.4, 0.5) is 19.0 Å². The van der Waals surface area contributed by atoms with Crippen molar-refractivity contribution in [2.24, 2.45) is 0 Å². The minimum absolute atomic E-state index is 0.187. The Kier molecular flexibility index (Phi) is 4.19. The summed E-state index contributed by atoms with van der Waals surface area (Å²) in [6.45, 7) is 0. The number of benzene rings is 2. The normalized spacial score (nSPS) is 16.7. The topological polar surface area (TPSA) is 46.9 Å². The molecule has 27 heavy (non-hydrogen) atoms. The molecule has 1 N–H and O–H groups in total. The van der Waals surface area contributed by atoms with E-state index in [0.29, 0.717) is 16.5 Å². The molecule has 138 valence electrons. The van der Waals surface area contributed by atoms with Gasteiger partial charge in [0.1, 0.15) is 12.1 Å². The lowest BCUT2D eigenvalue weighted by atomic mass is 9.90. The summed E-state index contributed by atoms with van der Waals surface area (Å²) in [5.74, 6) is -0.184. The number of anilines is 1. The number of imidazole rings is 1. The number of alkyl halides is 3. The van der Waals surface area contributed by atoms with Gasteiger partial charge < -0.3 is 5.32 Å². The zero-order chi connectivity index (χ0) is 19.2. The van der Waals surface area contributed by atoms with E-state index in [0.717, 1.165) is 17.7 Å². The van der Waals surface area contributed by atoms with Gasteiger partial charge in [-0.15, -0.1) is 0 Å². The first-order chi connectivity index (χ1) is 12.8. The molecule has 4 rings (SSSR count). The monoisotopic (exact) mass is 391 g/mol. The highest BCUT2D eigenvalue weighted by molar-refractivity contribution is 6.30. The fourth-order valence-electron chi connectivity index (χ4n) is 3.23. The average Bonchev–Trinajstić information content (AvgIpc) is 3.04. The van der Waals surface area contributed by atoms with Crippen LogP contribution in [0.3, 0.4) is 0 Å². The molecule has 8 heteroatoms. The van der Waals surface area contributed by atoms with Gasteiger partial charge in [-0.1, -0.05) is 29.8 Å². The smallest absolute Gasteiger partial charge is 0.310 e. The van der Waals surface area contributed by atoms with Gasteiger partial charge in [-0.25, -0.2) is 4.98 Å². The van der Waals surface area contributed by atoms with Crippen LogP contribution < -0.4 is 5.32 Å². The molecule has 1 aliphatic rings. The number of carbonyl (C=O) groups is 1. The molecule has 1 aliphatic heterocycles. The molecule has 0 radical (unpaired) electrons. The van der Waals surface area contributed by atoms with Gasteiger partial charge in [0.2, 0.25) is 5.91 Å². The van der Waals surface area contributed by atoms with Crippen molar-refractivity contribution < 1.29 is 18.0 Å². The average molecular weight is 392 g/mol. The lowest BCUT2D eigenvalue weighted by molar-refractivity contribution is -0.137. The van der Waals surface area contributed by atoms with Crippen LogP contribution in [-0.2, 0) is 11.0 Å². The molecule has 1 aromatic heterocycles. The quantitative estimate of drug-likeness (QED) is 0.666. The Hall–Kier alpha value is -2.80. The molecule has 1 unspecified atom stereocenters. The van der Waals surface area contributed by atoms with E-state index in [9.17, 15) is 18.0 Å². The molecule has 0 saturated heterocycles. The zero-order valence-electron chi connectivity index (χ0n) is 13.8. The maximum Gasteiger partial charge on any atom is 0.416 e. The third-order valence-electron chi connectivity index (χ3n) is 4.48. The van der Waals surface area contributed by atoms with E-state index < -0.39 is 11.7 Å². The highest BCUT2D eigenvalue weighted by atomic mass is 35.5. The van der Waals surface area contributed by atoms with Crippen molar-refractivity contribution in [1.82, 2.24) is 9.55 Å². The van der Waals surface area contributed by atoms with Crippen molar-refractivity contribution in [2.45, 2.75) is 18.5 Å². The summed E-state index contributed by atoms with van der Waals surface area (Å²) in [4.78, 5) is 16.6. The molecule has 0 bridgehead atoms. The van der Waals surface area contributed by atoms with E-state index in [2.05, 4.69) is 10.3 Å². The molecule has 0 spiro atoms. The summed E-state index contributed by atoms with van der Waals surface area (Å²) >= 11 is 6.06. The number of halogens is 4. The van der Waals surface area contributed by atoms with Crippen molar-refractivity contribution in [3.8, 4) is 5.69 Å². The molecule has 0 aliphatic carbocycles. The van der Waals surface area contributed by atoms with Gasteiger partial charge in [0.15, 0.2) is 0 Å². The molecule has 2 heterocycles. The number of hydrogen-bond acceptors (Lipinski definition) is 2. The van der Waals surface area contributed by atoms with Crippen LogP contribution in [0.2, 0.25) is 5.02 Å². The number of carbonyl (C=O) groups excluding carboxylic acids is 1. The fourth-order valence-corrected chi connectivity index (χ4v) is 3.43. The molecule has 3 aromatic rings. The number of hydrogen-bond donors (Lipinski definition) is 1. The van der Waals surface area contributed by atoms with Gasteiger partial charge in [0.05, 0.1) is 11.3 Å². The van der Waals surface area contributed by atoms with Crippen LogP contribution in [0.1, 0.15) is 29.2 Å². The Morgan fingerprint density at radius 3 is 2.67 bits per heavy atom. The second kappa shape index (κ2) is 6.42. The number of aromatic nitrogens is 2. The van der Waals surface area contributed by atoms with E-state index >= 15 is 0 Å². The van der Waals surface area contributed by atoms with E-state index in [-0.39, 0.29) is 23.9 Å². The van der Waals surface area contributed by atoms with E-state index in [4.69, 9.17) is 11.6 Å². The molecule has 0 fully saturated rings. The number of rotatable bonds is 2. The van der Waals surface area contributed by atoms with Crippen molar-refractivity contribution in [2.75, 3.05) is 5.32 Å². The number of nitrogens with one attached hydrogen (secondary N) is 1. The minimum Gasteiger partial charge on any atom is -0.310 e. The van der Waals surface area contributed by atoms with E-state index in [1.165, 1.54) is 23.0 Å². The molecular formula is C19H13ClF3N3O. The largest absolute Gasteiger partial charge is 0.416 e. The van der Waals surface area contributed by atoms with E-state index in [1.807, 2.05) is 6.07 Å². The van der Waals surface area contributed by atoms with E-state index in [1.54, 1.807) is 18.2 Å². The molecule has 0 saturated carbocycles. The Morgan fingerprint density at radius 1 is 1.15 bits per heavy atom. The van der Waals surface area contributed by atoms with Gasteiger partial charge in [-0.3, -0.25) is 9.36 Å². The fraction of sp³-hybridized carbons (Fsp3) is 0.158. The van der Waals surface area contributed by atoms with Gasteiger partial charge in [-0.05, 0) is 35.9 Å². The maximum atomic E-state index is 13.0. The third kappa shape index (κ3) is 3.30. The lowest BCUT2D eigenvalue weighted by Crippen LogP contribution is -2.25. The maximum absolute atomic E-state index is 13.0. The van der Waals surface area contributed by atoms with Gasteiger partial charge >= 0.3 is 6.18 Å².